The number of aryl methyl sites for hydroxylation is 1. The van der Waals surface area contributed by atoms with E-state index in [1.54, 1.807) is 6.33 Å². The largest absolute Gasteiger partial charge is 0.454 e. The molecule has 0 spiro atoms. The van der Waals surface area contributed by atoms with Gasteiger partial charge in [-0.15, -0.1) is 10.2 Å². The highest BCUT2D eigenvalue weighted by molar-refractivity contribution is 7.99. The van der Waals surface area contributed by atoms with Gasteiger partial charge in [-0.2, -0.15) is 0 Å². The van der Waals surface area contributed by atoms with Crippen LogP contribution in [0.3, 0.4) is 0 Å². The maximum absolute atomic E-state index is 12.8. The van der Waals surface area contributed by atoms with Gasteiger partial charge in [0.2, 0.25) is 12.7 Å². The van der Waals surface area contributed by atoms with E-state index in [4.69, 9.17) is 14.2 Å². The summed E-state index contributed by atoms with van der Waals surface area (Å²) in [5, 5.41) is 12.2. The zero-order valence-corrected chi connectivity index (χ0v) is 20.0. The lowest BCUT2D eigenvalue weighted by Gasteiger charge is -2.38. The quantitative estimate of drug-likeness (QED) is 0.494. The number of fused-ring (bicyclic) bond motifs is 1. The summed E-state index contributed by atoms with van der Waals surface area (Å²) < 4.78 is 18.6. The predicted molar refractivity (Wildman–Crippen MR) is 129 cm³/mol. The summed E-state index contributed by atoms with van der Waals surface area (Å²) in [6, 6.07) is 14.2. The number of ether oxygens (including phenoxy) is 3. The third-order valence-electron chi connectivity index (χ3n) is 6.54. The molecule has 0 unspecified atom stereocenters. The number of nitrogens with zero attached hydrogens (tertiary/aromatic N) is 3. The van der Waals surface area contributed by atoms with E-state index in [0.717, 1.165) is 42.0 Å². The van der Waals surface area contributed by atoms with E-state index in [9.17, 15) is 4.79 Å². The van der Waals surface area contributed by atoms with Crippen LogP contribution in [0.5, 0.6) is 11.5 Å². The van der Waals surface area contributed by atoms with Gasteiger partial charge in [-0.05, 0) is 48.6 Å². The van der Waals surface area contributed by atoms with Crippen LogP contribution in [0.4, 0.5) is 0 Å². The molecule has 34 heavy (non-hydrogen) atoms. The molecule has 2 aliphatic heterocycles. The first-order valence-corrected chi connectivity index (χ1v) is 12.5. The Morgan fingerprint density at radius 2 is 1.97 bits per heavy atom. The molecule has 1 aromatic heterocycles. The highest BCUT2D eigenvalue weighted by Crippen LogP contribution is 2.40. The van der Waals surface area contributed by atoms with Crippen molar-refractivity contribution in [3.8, 4) is 17.2 Å². The zero-order chi connectivity index (χ0) is 23.4. The molecule has 0 bridgehead atoms. The van der Waals surface area contributed by atoms with E-state index in [2.05, 4.69) is 34.6 Å². The number of hydrogen-bond donors (Lipinski definition) is 1. The highest BCUT2D eigenvalue weighted by atomic mass is 32.2. The van der Waals surface area contributed by atoms with Crippen molar-refractivity contribution < 1.29 is 19.0 Å². The molecule has 3 aromatic rings. The topological polar surface area (TPSA) is 87.5 Å². The summed E-state index contributed by atoms with van der Waals surface area (Å²) in [6.45, 7) is 4.24. The molecule has 0 aliphatic carbocycles. The van der Waals surface area contributed by atoms with Gasteiger partial charge in [0.25, 0.3) is 0 Å². The summed E-state index contributed by atoms with van der Waals surface area (Å²) in [6.07, 6.45) is 4.28. The van der Waals surface area contributed by atoms with Gasteiger partial charge in [0.15, 0.2) is 16.7 Å². The molecule has 0 radical (unpaired) electrons. The molecule has 178 valence electrons. The molecule has 1 saturated heterocycles. The highest BCUT2D eigenvalue weighted by Gasteiger charge is 2.36. The van der Waals surface area contributed by atoms with Gasteiger partial charge in [-0.1, -0.05) is 43.0 Å². The van der Waals surface area contributed by atoms with Crippen LogP contribution in [0, 0.1) is 0 Å². The predicted octanol–water partition coefficient (Wildman–Crippen LogP) is 3.52. The normalized spacial score (nSPS) is 16.4. The van der Waals surface area contributed by atoms with Crippen molar-refractivity contribution in [1.29, 1.82) is 0 Å². The molecule has 2 aliphatic rings. The lowest BCUT2D eigenvalue weighted by atomic mass is 9.74. The molecule has 2 aromatic carbocycles. The van der Waals surface area contributed by atoms with Crippen LogP contribution >= 0.6 is 11.8 Å². The number of para-hydroxylation sites is 1. The molecule has 1 fully saturated rings. The Morgan fingerprint density at radius 3 is 2.82 bits per heavy atom. The smallest absolute Gasteiger partial charge is 0.231 e. The summed E-state index contributed by atoms with van der Waals surface area (Å²) in [4.78, 5) is 12.8. The molecule has 9 heteroatoms. The van der Waals surface area contributed by atoms with Gasteiger partial charge in [-0.3, -0.25) is 9.36 Å². The molecule has 3 heterocycles. The lowest BCUT2D eigenvalue weighted by molar-refractivity contribution is -0.119. The summed E-state index contributed by atoms with van der Waals surface area (Å²) in [5.74, 6) is 1.76. The van der Waals surface area contributed by atoms with E-state index >= 15 is 0 Å². The Balaban J connectivity index is 1.25. The lowest BCUT2D eigenvalue weighted by Crippen LogP contribution is -2.45. The number of benzene rings is 2. The second-order valence-electron chi connectivity index (χ2n) is 8.49. The molecule has 1 amide bonds. The first-order chi connectivity index (χ1) is 16.7. The average molecular weight is 481 g/mol. The van der Waals surface area contributed by atoms with Crippen molar-refractivity contribution in [1.82, 2.24) is 20.1 Å². The SMILES string of the molecule is CCc1ccccc1-n1cnnc1SCC(=O)NCC1(c2ccc3c(c2)OCO3)CCOCC1. The van der Waals surface area contributed by atoms with Crippen molar-refractivity contribution in [3.63, 3.8) is 0 Å². The molecular weight excluding hydrogens is 452 g/mol. The molecule has 1 N–H and O–H groups in total. The van der Waals surface area contributed by atoms with Crippen molar-refractivity contribution in [2.75, 3.05) is 32.3 Å². The fourth-order valence-electron chi connectivity index (χ4n) is 4.54. The van der Waals surface area contributed by atoms with Crippen LogP contribution in [0.2, 0.25) is 0 Å². The maximum Gasteiger partial charge on any atom is 0.231 e. The van der Waals surface area contributed by atoms with E-state index in [-0.39, 0.29) is 23.9 Å². The summed E-state index contributed by atoms with van der Waals surface area (Å²) in [7, 11) is 0. The van der Waals surface area contributed by atoms with Gasteiger partial charge in [0.05, 0.1) is 11.4 Å². The first kappa shape index (κ1) is 22.7. The Kier molecular flexibility index (Phi) is 6.73. The van der Waals surface area contributed by atoms with E-state index < -0.39 is 0 Å². The Bertz CT molecular complexity index is 1160. The van der Waals surface area contributed by atoms with Crippen LogP contribution in [-0.4, -0.2) is 53.0 Å². The maximum atomic E-state index is 12.8. The number of rotatable bonds is 8. The second-order valence-corrected chi connectivity index (χ2v) is 9.43. The average Bonchev–Trinajstić information content (AvgIpc) is 3.55. The minimum atomic E-state index is -0.195. The number of amides is 1. The number of aromatic nitrogens is 3. The van der Waals surface area contributed by atoms with Gasteiger partial charge < -0.3 is 19.5 Å². The molecule has 0 saturated carbocycles. The monoisotopic (exact) mass is 480 g/mol. The van der Waals surface area contributed by atoms with Gasteiger partial charge in [0.1, 0.15) is 6.33 Å². The number of hydrogen-bond acceptors (Lipinski definition) is 7. The molecule has 5 rings (SSSR count). The fourth-order valence-corrected chi connectivity index (χ4v) is 5.29. The van der Waals surface area contributed by atoms with E-state index in [1.165, 1.54) is 17.3 Å². The summed E-state index contributed by atoms with van der Waals surface area (Å²) in [5.41, 5.74) is 3.20. The Morgan fingerprint density at radius 1 is 1.15 bits per heavy atom. The van der Waals surface area contributed by atoms with Crippen LogP contribution in [0.25, 0.3) is 5.69 Å². The number of carbonyl (C=O) groups is 1. The zero-order valence-electron chi connectivity index (χ0n) is 19.2. The fraction of sp³-hybridized carbons (Fsp3) is 0.400. The minimum absolute atomic E-state index is 0.0325. The van der Waals surface area contributed by atoms with Crippen molar-refractivity contribution in [3.05, 3.63) is 59.9 Å². The first-order valence-electron chi connectivity index (χ1n) is 11.5. The van der Waals surface area contributed by atoms with Gasteiger partial charge in [0, 0.05) is 25.2 Å². The third kappa shape index (κ3) is 4.63. The summed E-state index contributed by atoms with van der Waals surface area (Å²) >= 11 is 1.39. The Labute approximate surface area is 203 Å². The standard InChI is InChI=1S/C25H28N4O4S/c1-2-18-5-3-4-6-20(18)29-16-27-28-24(29)34-14-23(30)26-15-25(9-11-31-12-10-25)19-7-8-21-22(13-19)33-17-32-21/h3-8,13,16H,2,9-12,14-15,17H2,1H3,(H,26,30). The number of thioether (sulfide) groups is 1. The molecule has 0 atom stereocenters. The van der Waals surface area contributed by atoms with E-state index in [1.807, 2.05) is 34.9 Å². The minimum Gasteiger partial charge on any atom is -0.454 e. The van der Waals surface area contributed by atoms with Crippen molar-refractivity contribution in [2.45, 2.75) is 36.8 Å². The third-order valence-corrected chi connectivity index (χ3v) is 7.48. The van der Waals surface area contributed by atoms with Crippen LogP contribution < -0.4 is 14.8 Å². The van der Waals surface area contributed by atoms with Crippen molar-refractivity contribution in [2.24, 2.45) is 0 Å². The van der Waals surface area contributed by atoms with Gasteiger partial charge in [-0.25, -0.2) is 0 Å². The molecule has 8 nitrogen and oxygen atoms in total. The Hall–Kier alpha value is -3.04. The van der Waals surface area contributed by atoms with Crippen LogP contribution in [-0.2, 0) is 21.4 Å². The second kappa shape index (κ2) is 10.1. The van der Waals surface area contributed by atoms with E-state index in [0.29, 0.717) is 24.9 Å². The van der Waals surface area contributed by atoms with Crippen LogP contribution in [0.1, 0.15) is 30.9 Å². The van der Waals surface area contributed by atoms with Crippen molar-refractivity contribution >= 4 is 17.7 Å². The van der Waals surface area contributed by atoms with Gasteiger partial charge >= 0.3 is 0 Å². The molecular formula is C25H28N4O4S. The van der Waals surface area contributed by atoms with Crippen LogP contribution in [0.15, 0.2) is 53.9 Å². The number of carbonyl (C=O) groups excluding carboxylic acids is 1. The number of nitrogens with one attached hydrogen (secondary N) is 1.